The smallest absolute Gasteiger partial charge is 0.320 e. The van der Waals surface area contributed by atoms with E-state index in [1.807, 2.05) is 0 Å². The lowest BCUT2D eigenvalue weighted by atomic mass is 10.1. The van der Waals surface area contributed by atoms with Gasteiger partial charge in [0.05, 0.1) is 0 Å². The van der Waals surface area contributed by atoms with Gasteiger partial charge in [0.2, 0.25) is 0 Å². The molecular weight excluding hydrogens is 134 g/mol. The average Bonchev–Trinajstić information content (AvgIpc) is 1.88. The number of allylic oxidation sites excluding steroid dienone is 1. The largest absolute Gasteiger partial charge is 0.480 e. The molecule has 0 saturated heterocycles. The summed E-state index contributed by atoms with van der Waals surface area (Å²) in [5.41, 5.74) is 0. The van der Waals surface area contributed by atoms with Gasteiger partial charge in [-0.3, -0.25) is 9.59 Å². The molecule has 1 atom stereocenters. The van der Waals surface area contributed by atoms with Crippen molar-refractivity contribution in [3.05, 3.63) is 12.2 Å². The summed E-state index contributed by atoms with van der Waals surface area (Å²) in [7, 11) is 0. The van der Waals surface area contributed by atoms with Crippen LogP contribution >= 0.6 is 0 Å². The molecule has 0 aliphatic carbocycles. The van der Waals surface area contributed by atoms with Crippen LogP contribution in [0.15, 0.2) is 17.1 Å². The molecule has 1 aliphatic heterocycles. The second-order valence-electron chi connectivity index (χ2n) is 1.82. The first kappa shape index (κ1) is 6.67. The van der Waals surface area contributed by atoms with Crippen LogP contribution in [0.3, 0.4) is 0 Å². The van der Waals surface area contributed by atoms with E-state index in [1.165, 1.54) is 18.4 Å². The molecule has 1 heterocycles. The topological polar surface area (TPSA) is 66.7 Å². The summed E-state index contributed by atoms with van der Waals surface area (Å²) in [6, 6.07) is 0. The Morgan fingerprint density at radius 1 is 1.70 bits per heavy atom. The summed E-state index contributed by atoms with van der Waals surface area (Å²) >= 11 is 0. The van der Waals surface area contributed by atoms with Crippen LogP contribution in [-0.2, 0) is 9.59 Å². The minimum Gasteiger partial charge on any atom is -0.480 e. The van der Waals surface area contributed by atoms with Gasteiger partial charge in [0.25, 0.3) is 5.91 Å². The van der Waals surface area contributed by atoms with E-state index < -0.39 is 17.8 Å². The molecule has 4 heteroatoms. The SMILES string of the molecule is O=C(O)C1C=CC=NC1=O. The monoisotopic (exact) mass is 139 g/mol. The molecule has 1 amide bonds. The number of rotatable bonds is 1. The van der Waals surface area contributed by atoms with Gasteiger partial charge < -0.3 is 5.11 Å². The lowest BCUT2D eigenvalue weighted by Crippen LogP contribution is -2.21. The molecule has 1 N–H and O–H groups in total. The third-order valence-corrected chi connectivity index (χ3v) is 1.12. The highest BCUT2D eigenvalue weighted by Gasteiger charge is 2.23. The number of hydrogen-bond donors (Lipinski definition) is 1. The van der Waals surface area contributed by atoms with Gasteiger partial charge in [-0.1, -0.05) is 6.08 Å². The first-order valence-electron chi connectivity index (χ1n) is 2.69. The van der Waals surface area contributed by atoms with Gasteiger partial charge >= 0.3 is 5.97 Å². The second kappa shape index (κ2) is 2.43. The van der Waals surface area contributed by atoms with E-state index >= 15 is 0 Å². The second-order valence-corrected chi connectivity index (χ2v) is 1.82. The van der Waals surface area contributed by atoms with Crippen molar-refractivity contribution in [3.8, 4) is 0 Å². The summed E-state index contributed by atoms with van der Waals surface area (Å²) in [5, 5.41) is 8.36. The Kier molecular flexibility index (Phi) is 1.62. The predicted molar refractivity (Wildman–Crippen MR) is 33.8 cm³/mol. The number of hydrogen-bond acceptors (Lipinski definition) is 2. The molecule has 0 saturated carbocycles. The molecule has 0 fully saturated rings. The minimum atomic E-state index is -1.15. The molecule has 52 valence electrons. The molecule has 4 nitrogen and oxygen atoms in total. The normalized spacial score (nSPS) is 23.2. The Bertz CT molecular complexity index is 229. The zero-order valence-electron chi connectivity index (χ0n) is 5.02. The number of aliphatic imine (C=N–C) groups is 1. The Hall–Kier alpha value is -1.45. The highest BCUT2D eigenvalue weighted by molar-refractivity contribution is 6.05. The van der Waals surface area contributed by atoms with Gasteiger partial charge in [-0.05, 0) is 6.08 Å². The average molecular weight is 139 g/mol. The van der Waals surface area contributed by atoms with Crippen molar-refractivity contribution in [1.29, 1.82) is 0 Å². The lowest BCUT2D eigenvalue weighted by Gasteiger charge is -2.03. The molecule has 0 aromatic rings. The summed E-state index contributed by atoms with van der Waals surface area (Å²) in [6.45, 7) is 0. The number of nitrogens with zero attached hydrogens (tertiary/aromatic N) is 1. The number of carboxylic acids is 1. The Morgan fingerprint density at radius 2 is 2.40 bits per heavy atom. The van der Waals surface area contributed by atoms with Crippen LogP contribution < -0.4 is 0 Å². The van der Waals surface area contributed by atoms with Crippen molar-refractivity contribution in [1.82, 2.24) is 0 Å². The maximum atomic E-state index is 10.6. The quantitative estimate of drug-likeness (QED) is 0.514. The van der Waals surface area contributed by atoms with Crippen molar-refractivity contribution >= 4 is 18.1 Å². The van der Waals surface area contributed by atoms with Crippen molar-refractivity contribution < 1.29 is 14.7 Å². The first-order chi connectivity index (χ1) is 4.72. The summed E-state index contributed by atoms with van der Waals surface area (Å²) in [6.07, 6.45) is 4.03. The minimum absolute atomic E-state index is 0.616. The van der Waals surface area contributed by atoms with Crippen LogP contribution in [0, 0.1) is 5.92 Å². The molecule has 1 rings (SSSR count). The van der Waals surface area contributed by atoms with E-state index in [-0.39, 0.29) is 0 Å². The van der Waals surface area contributed by atoms with Gasteiger partial charge in [-0.2, -0.15) is 0 Å². The third-order valence-electron chi connectivity index (χ3n) is 1.12. The number of amides is 1. The van der Waals surface area contributed by atoms with Gasteiger partial charge in [-0.15, -0.1) is 0 Å². The van der Waals surface area contributed by atoms with E-state index in [2.05, 4.69) is 4.99 Å². The van der Waals surface area contributed by atoms with Crippen LogP contribution in [0.1, 0.15) is 0 Å². The fourth-order valence-corrected chi connectivity index (χ4v) is 0.628. The Labute approximate surface area is 56.9 Å². The summed E-state index contributed by atoms with van der Waals surface area (Å²) in [4.78, 5) is 24.1. The van der Waals surface area contributed by atoms with Crippen LogP contribution in [0.25, 0.3) is 0 Å². The number of carboxylic acid groups (broad SMARTS) is 1. The molecule has 0 aromatic heterocycles. The molecule has 0 radical (unpaired) electrons. The van der Waals surface area contributed by atoms with Crippen molar-refractivity contribution in [3.63, 3.8) is 0 Å². The maximum absolute atomic E-state index is 10.6. The van der Waals surface area contributed by atoms with Gasteiger partial charge in [0.15, 0.2) is 5.92 Å². The molecular formula is C6H5NO3. The molecule has 0 bridgehead atoms. The Morgan fingerprint density at radius 3 is 2.80 bits per heavy atom. The zero-order valence-corrected chi connectivity index (χ0v) is 5.02. The predicted octanol–water partition coefficient (Wildman–Crippen LogP) is -0.146. The highest BCUT2D eigenvalue weighted by atomic mass is 16.4. The molecule has 0 aromatic carbocycles. The molecule has 10 heavy (non-hydrogen) atoms. The van der Waals surface area contributed by atoms with Crippen LogP contribution in [-0.4, -0.2) is 23.2 Å². The van der Waals surface area contributed by atoms with E-state index in [9.17, 15) is 9.59 Å². The molecule has 0 spiro atoms. The number of carbonyl (C=O) groups is 2. The first-order valence-corrected chi connectivity index (χ1v) is 2.69. The zero-order chi connectivity index (χ0) is 7.56. The number of aliphatic carboxylic acids is 1. The molecule has 1 unspecified atom stereocenters. The summed E-state index contributed by atoms with van der Waals surface area (Å²) < 4.78 is 0. The molecule has 1 aliphatic rings. The highest BCUT2D eigenvalue weighted by Crippen LogP contribution is 2.04. The lowest BCUT2D eigenvalue weighted by molar-refractivity contribution is -0.143. The van der Waals surface area contributed by atoms with Crippen LogP contribution in [0.5, 0.6) is 0 Å². The van der Waals surface area contributed by atoms with Crippen molar-refractivity contribution in [2.75, 3.05) is 0 Å². The van der Waals surface area contributed by atoms with Crippen LogP contribution in [0.2, 0.25) is 0 Å². The number of dihydropyridines is 1. The fraction of sp³-hybridized carbons (Fsp3) is 0.167. The van der Waals surface area contributed by atoms with E-state index in [0.717, 1.165) is 0 Å². The fourth-order valence-electron chi connectivity index (χ4n) is 0.628. The maximum Gasteiger partial charge on any atom is 0.320 e. The number of carbonyl (C=O) groups excluding carboxylic acids is 1. The van der Waals surface area contributed by atoms with E-state index in [1.54, 1.807) is 0 Å². The van der Waals surface area contributed by atoms with E-state index in [0.29, 0.717) is 0 Å². The Balaban J connectivity index is 2.80. The van der Waals surface area contributed by atoms with Crippen LogP contribution in [0.4, 0.5) is 0 Å². The van der Waals surface area contributed by atoms with Gasteiger partial charge in [0.1, 0.15) is 0 Å². The summed E-state index contributed by atoms with van der Waals surface area (Å²) in [5.74, 6) is -2.85. The van der Waals surface area contributed by atoms with Crippen molar-refractivity contribution in [2.45, 2.75) is 0 Å². The van der Waals surface area contributed by atoms with Crippen molar-refractivity contribution in [2.24, 2.45) is 10.9 Å². The van der Waals surface area contributed by atoms with Gasteiger partial charge in [0, 0.05) is 6.21 Å². The standard InChI is InChI=1S/C6H5NO3/c8-5-4(6(9)10)2-1-3-7-5/h1-4H,(H,9,10). The third kappa shape index (κ3) is 1.10. The van der Waals surface area contributed by atoms with E-state index in [4.69, 9.17) is 5.11 Å². The van der Waals surface area contributed by atoms with Gasteiger partial charge in [-0.25, -0.2) is 4.99 Å².